The van der Waals surface area contributed by atoms with Gasteiger partial charge in [-0.25, -0.2) is 4.79 Å². The molecule has 0 bridgehead atoms. The Hall–Kier alpha value is -1.29. The lowest BCUT2D eigenvalue weighted by Crippen LogP contribution is -1.99. The molecule has 1 aromatic carbocycles. The van der Waals surface area contributed by atoms with Crippen LogP contribution in [0.5, 0.6) is 0 Å². The van der Waals surface area contributed by atoms with E-state index in [0.29, 0.717) is 11.1 Å². The highest BCUT2D eigenvalue weighted by atomic mass is 79.9. The number of hydrogen-bond donors (Lipinski definition) is 2. The van der Waals surface area contributed by atoms with E-state index in [0.717, 1.165) is 26.7 Å². The summed E-state index contributed by atoms with van der Waals surface area (Å²) in [5, 5.41) is 10.1. The molecule has 0 aliphatic carbocycles. The molecule has 0 saturated heterocycles. The fraction of sp³-hybridized carbons (Fsp3) is 0.250. The SMILES string of the molecule is Cc1cc(C(=O)O)c2[nH]c(C)c(C)c2c1Br. The first-order valence-corrected chi connectivity index (χ1v) is 5.74. The molecule has 1 aromatic heterocycles. The molecule has 0 spiro atoms. The molecule has 0 aliphatic rings. The van der Waals surface area contributed by atoms with Crippen LogP contribution in [0.2, 0.25) is 0 Å². The number of halogens is 1. The molecule has 4 heteroatoms. The van der Waals surface area contributed by atoms with Crippen LogP contribution in [-0.2, 0) is 0 Å². The van der Waals surface area contributed by atoms with Crippen molar-refractivity contribution in [3.8, 4) is 0 Å². The van der Waals surface area contributed by atoms with Crippen molar-refractivity contribution in [1.29, 1.82) is 0 Å². The number of carbonyl (C=O) groups is 1. The van der Waals surface area contributed by atoms with Crippen LogP contribution in [0, 0.1) is 20.8 Å². The number of carboxylic acids is 1. The maximum Gasteiger partial charge on any atom is 0.337 e. The number of carboxylic acid groups (broad SMARTS) is 1. The summed E-state index contributed by atoms with van der Waals surface area (Å²) < 4.78 is 0.967. The number of nitrogens with one attached hydrogen (secondary N) is 1. The van der Waals surface area contributed by atoms with Gasteiger partial charge in [0.1, 0.15) is 0 Å². The van der Waals surface area contributed by atoms with Crippen LogP contribution in [0.4, 0.5) is 0 Å². The predicted molar refractivity (Wildman–Crippen MR) is 67.2 cm³/mol. The lowest BCUT2D eigenvalue weighted by molar-refractivity contribution is 0.0698. The molecule has 1 heterocycles. The Morgan fingerprint density at radius 3 is 2.56 bits per heavy atom. The largest absolute Gasteiger partial charge is 0.478 e. The van der Waals surface area contributed by atoms with Gasteiger partial charge in [-0.2, -0.15) is 0 Å². The van der Waals surface area contributed by atoms with Crippen LogP contribution in [0.3, 0.4) is 0 Å². The van der Waals surface area contributed by atoms with Crippen LogP contribution in [-0.4, -0.2) is 16.1 Å². The summed E-state index contributed by atoms with van der Waals surface area (Å²) in [5.74, 6) is -0.901. The van der Waals surface area contributed by atoms with Crippen LogP contribution in [0.1, 0.15) is 27.2 Å². The van der Waals surface area contributed by atoms with Gasteiger partial charge in [-0.1, -0.05) is 0 Å². The summed E-state index contributed by atoms with van der Waals surface area (Å²) in [6, 6.07) is 1.68. The molecule has 0 unspecified atom stereocenters. The van der Waals surface area contributed by atoms with Gasteiger partial charge in [-0.05, 0) is 53.9 Å². The molecule has 16 heavy (non-hydrogen) atoms. The number of H-pyrrole nitrogens is 1. The topological polar surface area (TPSA) is 53.1 Å². The van der Waals surface area contributed by atoms with Crippen LogP contribution >= 0.6 is 15.9 Å². The molecule has 0 radical (unpaired) electrons. The molecule has 0 fully saturated rings. The smallest absolute Gasteiger partial charge is 0.337 e. The van der Waals surface area contributed by atoms with Gasteiger partial charge in [-0.15, -0.1) is 0 Å². The second kappa shape index (κ2) is 3.63. The first-order chi connectivity index (χ1) is 7.43. The summed E-state index contributed by atoms with van der Waals surface area (Å²) in [4.78, 5) is 14.3. The third-order valence-electron chi connectivity index (χ3n) is 2.93. The minimum atomic E-state index is -0.901. The van der Waals surface area contributed by atoms with E-state index in [9.17, 15) is 4.79 Å². The fourth-order valence-corrected chi connectivity index (χ4v) is 2.52. The standard InChI is InChI=1S/C12H12BrNO2/c1-5-4-8(12(15)16)11-9(10(5)13)6(2)7(3)14-11/h4,14H,1-3H3,(H,15,16). The Morgan fingerprint density at radius 2 is 2.00 bits per heavy atom. The molecule has 3 nitrogen and oxygen atoms in total. The Labute approximate surface area is 102 Å². The van der Waals surface area contributed by atoms with Crippen molar-refractivity contribution in [2.24, 2.45) is 0 Å². The number of rotatable bonds is 1. The van der Waals surface area contributed by atoms with Crippen molar-refractivity contribution in [2.75, 3.05) is 0 Å². The molecule has 0 atom stereocenters. The molecule has 0 saturated carbocycles. The zero-order valence-corrected chi connectivity index (χ0v) is 10.9. The van der Waals surface area contributed by atoms with Crippen LogP contribution < -0.4 is 0 Å². The van der Waals surface area contributed by atoms with Gasteiger partial charge in [0.15, 0.2) is 0 Å². The van der Waals surface area contributed by atoms with Crippen molar-refractivity contribution in [3.63, 3.8) is 0 Å². The highest BCUT2D eigenvalue weighted by Crippen LogP contribution is 2.33. The number of benzene rings is 1. The van der Waals surface area contributed by atoms with Gasteiger partial charge in [0.2, 0.25) is 0 Å². The van der Waals surface area contributed by atoms with E-state index < -0.39 is 5.97 Å². The molecular weight excluding hydrogens is 270 g/mol. The highest BCUT2D eigenvalue weighted by molar-refractivity contribution is 9.10. The van der Waals surface area contributed by atoms with E-state index in [2.05, 4.69) is 20.9 Å². The van der Waals surface area contributed by atoms with Crippen molar-refractivity contribution >= 4 is 32.8 Å². The third-order valence-corrected chi connectivity index (χ3v) is 3.95. The van der Waals surface area contributed by atoms with Gasteiger partial charge < -0.3 is 10.1 Å². The summed E-state index contributed by atoms with van der Waals surface area (Å²) >= 11 is 3.52. The third kappa shape index (κ3) is 1.45. The summed E-state index contributed by atoms with van der Waals surface area (Å²) in [6.45, 7) is 5.84. The van der Waals surface area contributed by atoms with Gasteiger partial charge in [0.25, 0.3) is 0 Å². The number of aromatic carboxylic acids is 1. The number of aryl methyl sites for hydroxylation is 3. The van der Waals surface area contributed by atoms with E-state index in [-0.39, 0.29) is 0 Å². The summed E-state index contributed by atoms with van der Waals surface area (Å²) in [5.41, 5.74) is 4.05. The molecule has 2 aromatic rings. The minimum absolute atomic E-state index is 0.326. The molecule has 84 valence electrons. The van der Waals surface area contributed by atoms with E-state index in [1.54, 1.807) is 6.07 Å². The van der Waals surface area contributed by atoms with Crippen molar-refractivity contribution in [3.05, 3.63) is 32.9 Å². The average Bonchev–Trinajstić information content (AvgIpc) is 2.49. The van der Waals surface area contributed by atoms with E-state index in [1.165, 1.54) is 0 Å². The maximum absolute atomic E-state index is 11.2. The van der Waals surface area contributed by atoms with E-state index in [1.807, 2.05) is 20.8 Å². The predicted octanol–water partition coefficient (Wildman–Crippen LogP) is 3.55. The number of aromatic amines is 1. The average molecular weight is 282 g/mol. The summed E-state index contributed by atoms with van der Waals surface area (Å²) in [6.07, 6.45) is 0. The molecule has 2 N–H and O–H groups in total. The zero-order valence-electron chi connectivity index (χ0n) is 9.31. The Bertz CT molecular complexity index is 599. The second-order valence-corrected chi connectivity index (χ2v) is 4.78. The number of aromatic nitrogens is 1. The molecule has 2 rings (SSSR count). The first-order valence-electron chi connectivity index (χ1n) is 4.94. The van der Waals surface area contributed by atoms with E-state index in [4.69, 9.17) is 5.11 Å². The number of fused-ring (bicyclic) bond motifs is 1. The Kier molecular flexibility index (Phi) is 2.54. The molecule has 0 amide bonds. The molecular formula is C12H12BrNO2. The van der Waals surface area contributed by atoms with E-state index >= 15 is 0 Å². The Morgan fingerprint density at radius 1 is 1.38 bits per heavy atom. The first kappa shape index (κ1) is 11.2. The minimum Gasteiger partial charge on any atom is -0.478 e. The second-order valence-electron chi connectivity index (χ2n) is 3.99. The van der Waals surface area contributed by atoms with Crippen molar-refractivity contribution in [2.45, 2.75) is 20.8 Å². The van der Waals surface area contributed by atoms with Gasteiger partial charge in [0, 0.05) is 15.6 Å². The lowest BCUT2D eigenvalue weighted by Gasteiger charge is -2.04. The van der Waals surface area contributed by atoms with Crippen LogP contribution in [0.15, 0.2) is 10.5 Å². The zero-order chi connectivity index (χ0) is 12.0. The van der Waals surface area contributed by atoms with Crippen LogP contribution in [0.25, 0.3) is 10.9 Å². The Balaban J connectivity index is 3.01. The maximum atomic E-state index is 11.2. The van der Waals surface area contributed by atoms with Gasteiger partial charge in [0.05, 0.1) is 11.1 Å². The summed E-state index contributed by atoms with van der Waals surface area (Å²) in [7, 11) is 0. The normalized spacial score (nSPS) is 11.0. The van der Waals surface area contributed by atoms with Gasteiger partial charge in [-0.3, -0.25) is 0 Å². The monoisotopic (exact) mass is 281 g/mol. The quantitative estimate of drug-likeness (QED) is 0.840. The van der Waals surface area contributed by atoms with Crippen molar-refractivity contribution in [1.82, 2.24) is 4.98 Å². The number of hydrogen-bond acceptors (Lipinski definition) is 1. The fourth-order valence-electron chi connectivity index (χ4n) is 1.91. The highest BCUT2D eigenvalue weighted by Gasteiger charge is 2.17. The van der Waals surface area contributed by atoms with Gasteiger partial charge >= 0.3 is 5.97 Å². The molecule has 0 aliphatic heterocycles. The lowest BCUT2D eigenvalue weighted by atomic mass is 10.0. The van der Waals surface area contributed by atoms with Crippen molar-refractivity contribution < 1.29 is 9.90 Å².